The largest absolute Gasteiger partial charge is 0.455 e. The van der Waals surface area contributed by atoms with E-state index in [-0.39, 0.29) is 6.29 Å². The van der Waals surface area contributed by atoms with Gasteiger partial charge >= 0.3 is 0 Å². The van der Waals surface area contributed by atoms with E-state index in [1.807, 2.05) is 6.92 Å². The van der Waals surface area contributed by atoms with Gasteiger partial charge in [0.25, 0.3) is 0 Å². The minimum absolute atomic E-state index is 0.333. The van der Waals surface area contributed by atoms with Gasteiger partial charge in [0.1, 0.15) is 11.5 Å². The maximum atomic E-state index is 6.05. The SMILES string of the molecule is Cc1cc(C)c(OC(C)Oc2c(C)cc(C)cc2C)c(C)c1. The normalized spacial score (nSPS) is 10.9. The average Bonchev–Trinajstić information content (AvgIpc) is 2.38. The van der Waals surface area contributed by atoms with E-state index < -0.39 is 0 Å². The summed E-state index contributed by atoms with van der Waals surface area (Å²) in [4.78, 5) is 0. The highest BCUT2D eigenvalue weighted by molar-refractivity contribution is 5.44. The molecule has 2 nitrogen and oxygen atoms in total. The molecule has 0 bridgehead atoms. The summed E-state index contributed by atoms with van der Waals surface area (Å²) in [5.74, 6) is 1.83. The van der Waals surface area contributed by atoms with Gasteiger partial charge in [-0.15, -0.1) is 0 Å². The lowest BCUT2D eigenvalue weighted by Crippen LogP contribution is -2.21. The smallest absolute Gasteiger partial charge is 0.238 e. The van der Waals surface area contributed by atoms with Crippen LogP contribution in [0.1, 0.15) is 40.3 Å². The maximum absolute atomic E-state index is 6.05. The lowest BCUT2D eigenvalue weighted by Gasteiger charge is -2.22. The predicted octanol–water partition coefficient (Wildman–Crippen LogP) is 5.34. The number of benzene rings is 2. The molecule has 0 unspecified atom stereocenters. The zero-order valence-electron chi connectivity index (χ0n) is 14.7. The van der Waals surface area contributed by atoms with Crippen molar-refractivity contribution < 1.29 is 9.47 Å². The third-order valence-corrected chi connectivity index (χ3v) is 3.78. The molecule has 118 valence electrons. The molecule has 0 aliphatic rings. The Morgan fingerprint density at radius 1 is 0.591 bits per heavy atom. The van der Waals surface area contributed by atoms with Crippen molar-refractivity contribution in [1.29, 1.82) is 0 Å². The Hall–Kier alpha value is -1.96. The molecule has 0 spiro atoms. The molecule has 2 aromatic rings. The lowest BCUT2D eigenvalue weighted by molar-refractivity contribution is 0.0201. The summed E-state index contributed by atoms with van der Waals surface area (Å²) in [5.41, 5.74) is 7.08. The fraction of sp³-hybridized carbons (Fsp3) is 0.400. The van der Waals surface area contributed by atoms with Gasteiger partial charge in [-0.3, -0.25) is 0 Å². The van der Waals surface area contributed by atoms with Crippen LogP contribution in [0.3, 0.4) is 0 Å². The molecule has 0 amide bonds. The fourth-order valence-electron chi connectivity index (χ4n) is 3.06. The summed E-state index contributed by atoms with van der Waals surface area (Å²) in [6, 6.07) is 8.55. The first kappa shape index (κ1) is 16.4. The van der Waals surface area contributed by atoms with Crippen LogP contribution in [-0.2, 0) is 0 Å². The van der Waals surface area contributed by atoms with E-state index in [1.165, 1.54) is 11.1 Å². The second-order valence-corrected chi connectivity index (χ2v) is 6.26. The van der Waals surface area contributed by atoms with E-state index in [1.54, 1.807) is 0 Å². The number of aryl methyl sites for hydroxylation is 6. The summed E-state index contributed by atoms with van der Waals surface area (Å²) in [6.07, 6.45) is -0.333. The highest BCUT2D eigenvalue weighted by atomic mass is 16.7. The van der Waals surface area contributed by atoms with Crippen molar-refractivity contribution >= 4 is 0 Å². The van der Waals surface area contributed by atoms with E-state index in [0.717, 1.165) is 33.8 Å². The van der Waals surface area contributed by atoms with Gasteiger partial charge < -0.3 is 9.47 Å². The van der Waals surface area contributed by atoms with Crippen LogP contribution in [0.25, 0.3) is 0 Å². The maximum Gasteiger partial charge on any atom is 0.238 e. The zero-order chi connectivity index (χ0) is 16.4. The van der Waals surface area contributed by atoms with E-state index in [2.05, 4.69) is 65.8 Å². The zero-order valence-corrected chi connectivity index (χ0v) is 14.7. The number of ether oxygens (including phenoxy) is 2. The summed E-state index contributed by atoms with van der Waals surface area (Å²) in [6.45, 7) is 14.4. The van der Waals surface area contributed by atoms with Crippen molar-refractivity contribution in [2.75, 3.05) is 0 Å². The van der Waals surface area contributed by atoms with Gasteiger partial charge in [-0.1, -0.05) is 35.4 Å². The Morgan fingerprint density at radius 3 is 1.14 bits per heavy atom. The van der Waals surface area contributed by atoms with Crippen LogP contribution in [0.2, 0.25) is 0 Å². The van der Waals surface area contributed by atoms with Crippen molar-refractivity contribution in [3.63, 3.8) is 0 Å². The van der Waals surface area contributed by atoms with Crippen LogP contribution in [0.15, 0.2) is 24.3 Å². The third kappa shape index (κ3) is 3.62. The molecule has 2 heteroatoms. The molecule has 0 N–H and O–H groups in total. The van der Waals surface area contributed by atoms with E-state index in [9.17, 15) is 0 Å². The molecule has 2 rings (SSSR count). The molecule has 2 aromatic carbocycles. The second-order valence-electron chi connectivity index (χ2n) is 6.26. The summed E-state index contributed by atoms with van der Waals surface area (Å²) >= 11 is 0. The summed E-state index contributed by atoms with van der Waals surface area (Å²) in [5, 5.41) is 0. The van der Waals surface area contributed by atoms with Crippen LogP contribution in [0.4, 0.5) is 0 Å². The topological polar surface area (TPSA) is 18.5 Å². The highest BCUT2D eigenvalue weighted by Crippen LogP contribution is 2.29. The van der Waals surface area contributed by atoms with Crippen LogP contribution in [0, 0.1) is 41.5 Å². The van der Waals surface area contributed by atoms with Crippen LogP contribution in [0.5, 0.6) is 11.5 Å². The van der Waals surface area contributed by atoms with E-state index >= 15 is 0 Å². The summed E-state index contributed by atoms with van der Waals surface area (Å²) in [7, 11) is 0. The predicted molar refractivity (Wildman–Crippen MR) is 92.0 cm³/mol. The average molecular weight is 298 g/mol. The minimum Gasteiger partial charge on any atom is -0.455 e. The Morgan fingerprint density at radius 2 is 0.864 bits per heavy atom. The molecule has 0 heterocycles. The van der Waals surface area contributed by atoms with E-state index in [4.69, 9.17) is 9.47 Å². The molecule has 0 saturated heterocycles. The van der Waals surface area contributed by atoms with Crippen LogP contribution >= 0.6 is 0 Å². The minimum atomic E-state index is -0.333. The van der Waals surface area contributed by atoms with Crippen molar-refractivity contribution in [3.05, 3.63) is 57.6 Å². The van der Waals surface area contributed by atoms with Gasteiger partial charge in [-0.05, 0) is 63.8 Å². The van der Waals surface area contributed by atoms with E-state index in [0.29, 0.717) is 0 Å². The monoisotopic (exact) mass is 298 g/mol. The second kappa shape index (κ2) is 6.43. The van der Waals surface area contributed by atoms with Crippen molar-refractivity contribution in [2.24, 2.45) is 0 Å². The van der Waals surface area contributed by atoms with Crippen LogP contribution in [-0.4, -0.2) is 6.29 Å². The standard InChI is InChI=1S/C20H26O2/c1-12-8-14(3)19(15(4)9-12)21-18(7)22-20-16(5)10-13(2)11-17(20)6/h8-11,18H,1-7H3. The molecule has 0 aromatic heterocycles. The quantitative estimate of drug-likeness (QED) is 0.709. The molecule has 0 saturated carbocycles. The van der Waals surface area contributed by atoms with Crippen molar-refractivity contribution in [2.45, 2.75) is 54.8 Å². The van der Waals surface area contributed by atoms with Gasteiger partial charge in [0.2, 0.25) is 6.29 Å². The Labute approximate surface area is 134 Å². The van der Waals surface area contributed by atoms with Gasteiger partial charge in [-0.25, -0.2) is 0 Å². The van der Waals surface area contributed by atoms with Crippen molar-refractivity contribution in [3.8, 4) is 11.5 Å². The Balaban J connectivity index is 2.19. The molecule has 0 aliphatic heterocycles. The number of hydrogen-bond acceptors (Lipinski definition) is 2. The van der Waals surface area contributed by atoms with Gasteiger partial charge in [0.15, 0.2) is 0 Å². The summed E-state index contributed by atoms with van der Waals surface area (Å²) < 4.78 is 12.1. The first-order valence-corrected chi connectivity index (χ1v) is 7.77. The number of hydrogen-bond donors (Lipinski definition) is 0. The molecule has 0 atom stereocenters. The fourth-order valence-corrected chi connectivity index (χ4v) is 3.06. The third-order valence-electron chi connectivity index (χ3n) is 3.78. The molecule has 22 heavy (non-hydrogen) atoms. The first-order valence-electron chi connectivity index (χ1n) is 7.77. The Kier molecular flexibility index (Phi) is 4.80. The van der Waals surface area contributed by atoms with Crippen molar-refractivity contribution in [1.82, 2.24) is 0 Å². The van der Waals surface area contributed by atoms with Gasteiger partial charge in [-0.2, -0.15) is 0 Å². The first-order chi connectivity index (χ1) is 10.3. The molecule has 0 fully saturated rings. The van der Waals surface area contributed by atoms with Gasteiger partial charge in [0, 0.05) is 6.92 Å². The molecule has 0 radical (unpaired) electrons. The van der Waals surface area contributed by atoms with Crippen LogP contribution < -0.4 is 9.47 Å². The molecular weight excluding hydrogens is 272 g/mol. The lowest BCUT2D eigenvalue weighted by atomic mass is 10.1. The number of rotatable bonds is 4. The molecular formula is C20H26O2. The Bertz CT molecular complexity index is 581. The molecule has 0 aliphatic carbocycles. The van der Waals surface area contributed by atoms with Gasteiger partial charge in [0.05, 0.1) is 0 Å². The highest BCUT2D eigenvalue weighted by Gasteiger charge is 2.13.